The van der Waals surface area contributed by atoms with Crippen molar-refractivity contribution in [2.45, 2.75) is 38.4 Å². The van der Waals surface area contributed by atoms with Crippen LogP contribution in [0.2, 0.25) is 0 Å². The summed E-state index contributed by atoms with van der Waals surface area (Å²) in [4.78, 5) is 25.1. The van der Waals surface area contributed by atoms with E-state index >= 15 is 0 Å². The van der Waals surface area contributed by atoms with Crippen molar-refractivity contribution in [3.63, 3.8) is 0 Å². The Kier molecular flexibility index (Phi) is 7.87. The van der Waals surface area contributed by atoms with E-state index in [-0.39, 0.29) is 11.8 Å². The number of H-pyrrole nitrogens is 1. The summed E-state index contributed by atoms with van der Waals surface area (Å²) < 4.78 is 5.31. The van der Waals surface area contributed by atoms with Crippen molar-refractivity contribution >= 4 is 17.7 Å². The Morgan fingerprint density at radius 2 is 2.25 bits per heavy atom. The normalized spacial score (nSPS) is 10.4. The highest BCUT2D eigenvalue weighted by atomic mass is 32.2. The molecule has 0 atom stereocenters. The molecule has 0 unspecified atom stereocenters. The molecule has 20 heavy (non-hydrogen) atoms. The monoisotopic (exact) mass is 299 g/mol. The molecule has 1 aromatic rings. The molecular weight excluding hydrogens is 278 g/mol. The minimum absolute atomic E-state index is 0.0984. The summed E-state index contributed by atoms with van der Waals surface area (Å²) in [6.07, 6.45) is 4.27. The molecule has 5 nitrogen and oxygen atoms in total. The van der Waals surface area contributed by atoms with Gasteiger partial charge in [-0.15, -0.1) is 0 Å². The predicted molar refractivity (Wildman–Crippen MR) is 80.5 cm³/mol. The summed E-state index contributed by atoms with van der Waals surface area (Å²) in [6, 6.07) is 1.56. The number of aromatic nitrogens is 1. The van der Waals surface area contributed by atoms with E-state index in [1.165, 1.54) is 0 Å². The number of rotatable bonds is 10. The van der Waals surface area contributed by atoms with E-state index in [1.54, 1.807) is 24.0 Å². The Morgan fingerprint density at radius 3 is 2.90 bits per heavy atom. The Bertz CT molecular complexity index is 472. The highest BCUT2D eigenvalue weighted by Crippen LogP contribution is 2.13. The highest BCUT2D eigenvalue weighted by Gasteiger charge is 2.03. The van der Waals surface area contributed by atoms with Gasteiger partial charge in [0.15, 0.2) is 5.75 Å². The Balaban J connectivity index is 2.29. The molecule has 0 aliphatic heterocycles. The number of pyridine rings is 1. The fourth-order valence-corrected chi connectivity index (χ4v) is 2.51. The van der Waals surface area contributed by atoms with Crippen LogP contribution in [0.5, 0.6) is 5.75 Å². The molecule has 0 bridgehead atoms. The molecule has 0 radical (unpaired) electrons. The zero-order chi connectivity index (χ0) is 14.8. The van der Waals surface area contributed by atoms with Crippen molar-refractivity contribution in [2.24, 2.45) is 0 Å². The number of hydrogen-bond donors (Lipinski definition) is 2. The van der Waals surface area contributed by atoms with Gasteiger partial charge in [-0.1, -0.05) is 6.92 Å². The van der Waals surface area contributed by atoms with Crippen LogP contribution in [0.4, 0.5) is 0 Å². The second-order valence-electron chi connectivity index (χ2n) is 4.44. The third-order valence-corrected chi connectivity index (χ3v) is 3.68. The molecule has 0 saturated heterocycles. The first-order chi connectivity index (χ1) is 9.63. The number of aliphatic carboxylic acids is 1. The first kappa shape index (κ1) is 16.6. The maximum absolute atomic E-state index is 11.7. The molecule has 0 fully saturated rings. The minimum atomic E-state index is -0.748. The van der Waals surface area contributed by atoms with Crippen molar-refractivity contribution in [1.29, 1.82) is 0 Å². The van der Waals surface area contributed by atoms with E-state index in [9.17, 15) is 9.59 Å². The lowest BCUT2D eigenvalue weighted by molar-refractivity contribution is -0.137. The van der Waals surface area contributed by atoms with E-state index in [4.69, 9.17) is 9.84 Å². The molecule has 0 aromatic carbocycles. The summed E-state index contributed by atoms with van der Waals surface area (Å²) >= 11 is 1.69. The minimum Gasteiger partial charge on any atom is -0.488 e. The van der Waals surface area contributed by atoms with Gasteiger partial charge in [0.1, 0.15) is 0 Å². The van der Waals surface area contributed by atoms with Crippen LogP contribution in [0.25, 0.3) is 0 Å². The predicted octanol–water partition coefficient (Wildman–Crippen LogP) is 2.65. The van der Waals surface area contributed by atoms with Gasteiger partial charge < -0.3 is 14.8 Å². The SMILES string of the molecule is CCCOc1c[nH]c(CSCCCCC(=O)O)cc1=O. The number of thioether (sulfide) groups is 1. The molecule has 0 aliphatic carbocycles. The van der Waals surface area contributed by atoms with Crippen LogP contribution in [0, 0.1) is 0 Å². The van der Waals surface area contributed by atoms with Gasteiger partial charge in [-0.25, -0.2) is 0 Å². The van der Waals surface area contributed by atoms with E-state index < -0.39 is 5.97 Å². The van der Waals surface area contributed by atoms with Gasteiger partial charge in [0, 0.05) is 30.1 Å². The molecule has 2 N–H and O–H groups in total. The van der Waals surface area contributed by atoms with E-state index in [1.807, 2.05) is 6.92 Å². The van der Waals surface area contributed by atoms with Crippen molar-refractivity contribution < 1.29 is 14.6 Å². The van der Waals surface area contributed by atoms with Gasteiger partial charge in [-0.3, -0.25) is 9.59 Å². The van der Waals surface area contributed by atoms with Crippen LogP contribution in [0.3, 0.4) is 0 Å². The largest absolute Gasteiger partial charge is 0.488 e. The lowest BCUT2D eigenvalue weighted by Gasteiger charge is -2.05. The lowest BCUT2D eigenvalue weighted by Crippen LogP contribution is -2.09. The lowest BCUT2D eigenvalue weighted by atomic mass is 10.3. The summed E-state index contributed by atoms with van der Waals surface area (Å²) in [6.45, 7) is 2.53. The fourth-order valence-electron chi connectivity index (χ4n) is 1.57. The number of nitrogens with one attached hydrogen (secondary N) is 1. The Morgan fingerprint density at radius 1 is 1.45 bits per heavy atom. The standard InChI is InChI=1S/C14H21NO4S/c1-2-6-19-13-9-15-11(8-12(13)16)10-20-7-4-3-5-14(17)18/h8-9H,2-7,10H2,1H3,(H,15,16)(H,17,18). The first-order valence-corrected chi connectivity index (χ1v) is 7.93. The zero-order valence-electron chi connectivity index (χ0n) is 11.7. The zero-order valence-corrected chi connectivity index (χ0v) is 12.5. The third kappa shape index (κ3) is 6.65. The number of hydrogen-bond acceptors (Lipinski definition) is 4. The van der Waals surface area contributed by atoms with Gasteiger partial charge >= 0.3 is 5.97 Å². The molecule has 0 amide bonds. The third-order valence-electron chi connectivity index (χ3n) is 2.59. The molecular formula is C14H21NO4S. The highest BCUT2D eigenvalue weighted by molar-refractivity contribution is 7.98. The van der Waals surface area contributed by atoms with E-state index in [0.717, 1.165) is 30.0 Å². The number of carboxylic acids is 1. The van der Waals surface area contributed by atoms with Crippen LogP contribution in [0.15, 0.2) is 17.1 Å². The van der Waals surface area contributed by atoms with Crippen molar-refractivity contribution in [3.8, 4) is 5.75 Å². The maximum Gasteiger partial charge on any atom is 0.303 e. The van der Waals surface area contributed by atoms with E-state index in [2.05, 4.69) is 4.98 Å². The number of aromatic amines is 1. The number of unbranched alkanes of at least 4 members (excludes halogenated alkanes) is 1. The van der Waals surface area contributed by atoms with E-state index in [0.29, 0.717) is 18.8 Å². The van der Waals surface area contributed by atoms with Crippen LogP contribution < -0.4 is 10.2 Å². The van der Waals surface area contributed by atoms with Crippen LogP contribution in [-0.2, 0) is 10.5 Å². The number of carbonyl (C=O) groups is 1. The van der Waals surface area contributed by atoms with Crippen molar-refractivity contribution in [1.82, 2.24) is 4.98 Å². The van der Waals surface area contributed by atoms with Crippen LogP contribution in [0.1, 0.15) is 38.3 Å². The Hall–Kier alpha value is -1.43. The molecule has 112 valence electrons. The quantitative estimate of drug-likeness (QED) is 0.649. The molecule has 0 aliphatic rings. The van der Waals surface area contributed by atoms with Gasteiger partial charge in [0.05, 0.1) is 6.61 Å². The summed E-state index contributed by atoms with van der Waals surface area (Å²) in [5.74, 6) is 1.23. The van der Waals surface area contributed by atoms with Gasteiger partial charge in [-0.2, -0.15) is 11.8 Å². The molecule has 1 rings (SSSR count). The fraction of sp³-hybridized carbons (Fsp3) is 0.571. The second kappa shape index (κ2) is 9.47. The second-order valence-corrected chi connectivity index (χ2v) is 5.54. The summed E-state index contributed by atoms with van der Waals surface area (Å²) in [7, 11) is 0. The average Bonchev–Trinajstić information content (AvgIpc) is 2.41. The smallest absolute Gasteiger partial charge is 0.303 e. The summed E-state index contributed by atoms with van der Waals surface area (Å²) in [5.41, 5.74) is 0.765. The molecule has 0 spiro atoms. The maximum atomic E-state index is 11.7. The first-order valence-electron chi connectivity index (χ1n) is 6.77. The summed E-state index contributed by atoms with van der Waals surface area (Å²) in [5, 5.41) is 8.51. The van der Waals surface area contributed by atoms with Crippen LogP contribution in [-0.4, -0.2) is 28.4 Å². The molecule has 1 aromatic heterocycles. The van der Waals surface area contributed by atoms with Crippen molar-refractivity contribution in [3.05, 3.63) is 28.2 Å². The number of carboxylic acid groups (broad SMARTS) is 1. The topological polar surface area (TPSA) is 79.4 Å². The van der Waals surface area contributed by atoms with Gasteiger partial charge in [-0.05, 0) is 25.0 Å². The van der Waals surface area contributed by atoms with Gasteiger partial charge in [0.25, 0.3) is 0 Å². The van der Waals surface area contributed by atoms with Crippen molar-refractivity contribution in [2.75, 3.05) is 12.4 Å². The van der Waals surface area contributed by atoms with Gasteiger partial charge in [0.2, 0.25) is 5.43 Å². The average molecular weight is 299 g/mol. The number of ether oxygens (including phenoxy) is 1. The molecule has 6 heteroatoms. The molecule has 1 heterocycles. The molecule has 0 saturated carbocycles. The Labute approximate surface area is 122 Å². The van der Waals surface area contributed by atoms with Crippen LogP contribution >= 0.6 is 11.8 Å².